The Morgan fingerprint density at radius 1 is 1.21 bits per heavy atom. The summed E-state index contributed by atoms with van der Waals surface area (Å²) in [5.41, 5.74) is 0.164. The molecule has 0 heterocycles. The van der Waals surface area contributed by atoms with Crippen LogP contribution in [0.25, 0.3) is 0 Å². The standard InChI is InChI=1S/C11H10F3NO4/c12-11(13,14)5-9(16)15-7-1-3-8(4-2-7)19-6-10(17)18/h1-4H,5-6H2,(H,15,16)(H,17,18). The van der Waals surface area contributed by atoms with Gasteiger partial charge in [-0.1, -0.05) is 0 Å². The molecule has 2 N–H and O–H groups in total. The molecule has 104 valence electrons. The first-order valence-electron chi connectivity index (χ1n) is 5.07. The van der Waals surface area contributed by atoms with E-state index in [-0.39, 0.29) is 11.4 Å². The van der Waals surface area contributed by atoms with Crippen LogP contribution in [-0.4, -0.2) is 29.8 Å². The van der Waals surface area contributed by atoms with Crippen LogP contribution in [0.5, 0.6) is 5.75 Å². The number of halogens is 3. The fourth-order valence-electron chi connectivity index (χ4n) is 1.17. The van der Waals surface area contributed by atoms with Gasteiger partial charge in [-0.25, -0.2) is 4.79 Å². The fraction of sp³-hybridized carbons (Fsp3) is 0.273. The SMILES string of the molecule is O=C(O)COc1ccc(NC(=O)CC(F)(F)F)cc1. The summed E-state index contributed by atoms with van der Waals surface area (Å²) in [5, 5.41) is 10.4. The zero-order chi connectivity index (χ0) is 14.5. The molecule has 1 rings (SSSR count). The van der Waals surface area contributed by atoms with Gasteiger partial charge in [-0.2, -0.15) is 13.2 Å². The first-order chi connectivity index (χ1) is 8.76. The van der Waals surface area contributed by atoms with E-state index in [0.29, 0.717) is 0 Å². The van der Waals surface area contributed by atoms with Gasteiger partial charge in [0.1, 0.15) is 12.2 Å². The van der Waals surface area contributed by atoms with Gasteiger partial charge >= 0.3 is 12.1 Å². The third kappa shape index (κ3) is 6.29. The van der Waals surface area contributed by atoms with E-state index in [1.54, 1.807) is 0 Å². The minimum Gasteiger partial charge on any atom is -0.482 e. The average molecular weight is 277 g/mol. The van der Waals surface area contributed by atoms with Crippen LogP contribution in [0.4, 0.5) is 18.9 Å². The number of hydrogen-bond donors (Lipinski definition) is 2. The molecule has 0 fully saturated rings. The monoisotopic (exact) mass is 277 g/mol. The summed E-state index contributed by atoms with van der Waals surface area (Å²) in [5.74, 6) is -2.09. The van der Waals surface area contributed by atoms with E-state index in [1.165, 1.54) is 24.3 Å². The van der Waals surface area contributed by atoms with Crippen molar-refractivity contribution in [3.05, 3.63) is 24.3 Å². The minimum atomic E-state index is -4.56. The van der Waals surface area contributed by atoms with Crippen LogP contribution < -0.4 is 10.1 Å². The molecule has 0 aliphatic rings. The van der Waals surface area contributed by atoms with E-state index in [2.05, 4.69) is 5.32 Å². The normalized spacial score (nSPS) is 10.9. The first-order valence-corrected chi connectivity index (χ1v) is 5.07. The van der Waals surface area contributed by atoms with Crippen molar-refractivity contribution in [3.8, 4) is 5.75 Å². The lowest BCUT2D eigenvalue weighted by atomic mass is 10.3. The third-order valence-electron chi connectivity index (χ3n) is 1.86. The Morgan fingerprint density at radius 2 is 1.79 bits per heavy atom. The topological polar surface area (TPSA) is 75.6 Å². The number of rotatable bonds is 5. The van der Waals surface area contributed by atoms with Gasteiger partial charge in [0.25, 0.3) is 0 Å². The average Bonchev–Trinajstić information content (AvgIpc) is 2.25. The van der Waals surface area contributed by atoms with Gasteiger partial charge in [0.15, 0.2) is 6.61 Å². The van der Waals surface area contributed by atoms with E-state index in [0.717, 1.165) is 0 Å². The van der Waals surface area contributed by atoms with E-state index in [9.17, 15) is 22.8 Å². The van der Waals surface area contributed by atoms with Gasteiger partial charge in [0.2, 0.25) is 5.91 Å². The maximum atomic E-state index is 11.9. The van der Waals surface area contributed by atoms with Crippen molar-refractivity contribution in [3.63, 3.8) is 0 Å². The molecule has 0 radical (unpaired) electrons. The van der Waals surface area contributed by atoms with Gasteiger partial charge in [-0.3, -0.25) is 4.79 Å². The molecule has 0 aliphatic heterocycles. The number of aliphatic carboxylic acids is 1. The third-order valence-corrected chi connectivity index (χ3v) is 1.86. The van der Waals surface area contributed by atoms with Crippen molar-refractivity contribution in [2.75, 3.05) is 11.9 Å². The highest BCUT2D eigenvalue weighted by Gasteiger charge is 2.31. The quantitative estimate of drug-likeness (QED) is 0.863. The first kappa shape index (κ1) is 14.8. The molecule has 0 saturated carbocycles. The predicted molar refractivity (Wildman–Crippen MR) is 58.9 cm³/mol. The molecule has 0 atom stereocenters. The molecule has 8 heteroatoms. The van der Waals surface area contributed by atoms with Crippen molar-refractivity contribution in [1.29, 1.82) is 0 Å². The van der Waals surface area contributed by atoms with Crippen molar-refractivity contribution in [1.82, 2.24) is 0 Å². The smallest absolute Gasteiger partial charge is 0.397 e. The molecule has 19 heavy (non-hydrogen) atoms. The van der Waals surface area contributed by atoms with Crippen LogP contribution in [0.2, 0.25) is 0 Å². The summed E-state index contributed by atoms with van der Waals surface area (Å²) in [6.45, 7) is -0.528. The Bertz CT molecular complexity index is 456. The molecule has 0 aliphatic carbocycles. The van der Waals surface area contributed by atoms with Crippen molar-refractivity contribution >= 4 is 17.6 Å². The van der Waals surface area contributed by atoms with Crippen molar-refractivity contribution in [2.45, 2.75) is 12.6 Å². The van der Waals surface area contributed by atoms with Crippen molar-refractivity contribution in [2.24, 2.45) is 0 Å². The maximum Gasteiger partial charge on any atom is 0.397 e. The summed E-state index contributed by atoms with van der Waals surface area (Å²) < 4.78 is 40.6. The Morgan fingerprint density at radius 3 is 2.26 bits per heavy atom. The van der Waals surface area contributed by atoms with Gasteiger partial charge < -0.3 is 15.2 Å². The molecule has 5 nitrogen and oxygen atoms in total. The molecular formula is C11H10F3NO4. The number of carboxylic acids is 1. The highest BCUT2D eigenvalue weighted by Crippen LogP contribution is 2.21. The second-order valence-corrected chi connectivity index (χ2v) is 3.55. The molecule has 0 aromatic heterocycles. The number of carbonyl (C=O) groups is 2. The molecule has 0 spiro atoms. The highest BCUT2D eigenvalue weighted by molar-refractivity contribution is 5.91. The highest BCUT2D eigenvalue weighted by atomic mass is 19.4. The predicted octanol–water partition coefficient (Wildman–Crippen LogP) is 2.04. The second-order valence-electron chi connectivity index (χ2n) is 3.55. The molecule has 1 aromatic rings. The number of anilines is 1. The number of nitrogens with one attached hydrogen (secondary N) is 1. The van der Waals surface area contributed by atoms with Crippen LogP contribution in [0, 0.1) is 0 Å². The second kappa shape index (κ2) is 6.07. The molecule has 0 unspecified atom stereocenters. The minimum absolute atomic E-state index is 0.164. The lowest BCUT2D eigenvalue weighted by molar-refractivity contribution is -0.150. The van der Waals surface area contributed by atoms with Crippen molar-refractivity contribution < 1.29 is 32.6 Å². The van der Waals surface area contributed by atoms with E-state index in [4.69, 9.17) is 9.84 Å². The van der Waals surface area contributed by atoms with Crippen LogP contribution in [0.1, 0.15) is 6.42 Å². The lowest BCUT2D eigenvalue weighted by Gasteiger charge is -2.08. The summed E-state index contributed by atoms with van der Waals surface area (Å²) >= 11 is 0. The van der Waals surface area contributed by atoms with Crippen LogP contribution in [0.15, 0.2) is 24.3 Å². The lowest BCUT2D eigenvalue weighted by Crippen LogP contribution is -2.21. The Balaban J connectivity index is 2.52. The molecule has 0 bridgehead atoms. The summed E-state index contributed by atoms with van der Waals surface area (Å²) in [4.78, 5) is 21.2. The molecule has 1 amide bonds. The van der Waals surface area contributed by atoms with Crippen LogP contribution in [-0.2, 0) is 9.59 Å². The Labute approximate surface area is 106 Å². The number of benzene rings is 1. The zero-order valence-electron chi connectivity index (χ0n) is 9.53. The summed E-state index contributed by atoms with van der Waals surface area (Å²) in [6, 6.07) is 5.30. The van der Waals surface area contributed by atoms with Crippen LogP contribution >= 0.6 is 0 Å². The summed E-state index contributed by atoms with van der Waals surface area (Å²) in [6.07, 6.45) is -6.13. The maximum absolute atomic E-state index is 11.9. The van der Waals surface area contributed by atoms with Gasteiger partial charge in [0.05, 0.1) is 0 Å². The van der Waals surface area contributed by atoms with E-state index >= 15 is 0 Å². The zero-order valence-corrected chi connectivity index (χ0v) is 9.53. The fourth-order valence-corrected chi connectivity index (χ4v) is 1.17. The van der Waals surface area contributed by atoms with Gasteiger partial charge in [-0.15, -0.1) is 0 Å². The van der Waals surface area contributed by atoms with E-state index < -0.39 is 31.1 Å². The Hall–Kier alpha value is -2.25. The molecule has 1 aromatic carbocycles. The number of alkyl halides is 3. The number of carbonyl (C=O) groups excluding carboxylic acids is 1. The largest absolute Gasteiger partial charge is 0.482 e. The number of hydrogen-bond acceptors (Lipinski definition) is 3. The summed E-state index contributed by atoms with van der Waals surface area (Å²) in [7, 11) is 0. The van der Waals surface area contributed by atoms with Gasteiger partial charge in [-0.05, 0) is 24.3 Å². The molecular weight excluding hydrogens is 267 g/mol. The number of amides is 1. The molecule has 0 saturated heterocycles. The number of carboxylic acid groups (broad SMARTS) is 1. The number of ether oxygens (including phenoxy) is 1. The van der Waals surface area contributed by atoms with E-state index in [1.807, 2.05) is 0 Å². The van der Waals surface area contributed by atoms with Crippen LogP contribution in [0.3, 0.4) is 0 Å². The van der Waals surface area contributed by atoms with Gasteiger partial charge in [0, 0.05) is 5.69 Å². The Kier molecular flexibility index (Phi) is 4.74.